The van der Waals surface area contributed by atoms with Crippen molar-refractivity contribution in [2.75, 3.05) is 39.0 Å². The third-order valence-corrected chi connectivity index (χ3v) is 3.59. The van der Waals surface area contributed by atoms with E-state index in [0.717, 1.165) is 18.3 Å². The van der Waals surface area contributed by atoms with Gasteiger partial charge in [0.15, 0.2) is 0 Å². The van der Waals surface area contributed by atoms with Gasteiger partial charge in [-0.2, -0.15) is 12.6 Å². The molecule has 1 aliphatic rings. The van der Waals surface area contributed by atoms with Crippen molar-refractivity contribution in [3.05, 3.63) is 12.2 Å². The predicted octanol–water partition coefficient (Wildman–Crippen LogP) is 1.89. The lowest BCUT2D eigenvalue weighted by atomic mass is 10.2. The van der Waals surface area contributed by atoms with Crippen LogP contribution in [0.25, 0.3) is 0 Å². The summed E-state index contributed by atoms with van der Waals surface area (Å²) in [5.74, 6) is 0.798. The molecule has 2 nitrogen and oxygen atoms in total. The highest BCUT2D eigenvalue weighted by Crippen LogP contribution is 2.17. The summed E-state index contributed by atoms with van der Waals surface area (Å²) in [5, 5.41) is 0. The fourth-order valence-corrected chi connectivity index (χ4v) is 2.47. The Morgan fingerprint density at radius 3 is 2.93 bits per heavy atom. The highest BCUT2D eigenvalue weighted by Gasteiger charge is 2.23. The van der Waals surface area contributed by atoms with Crippen LogP contribution in [0.2, 0.25) is 0 Å². The van der Waals surface area contributed by atoms with Crippen LogP contribution < -0.4 is 0 Å². The van der Waals surface area contributed by atoms with Gasteiger partial charge in [0.05, 0.1) is 0 Å². The SMILES string of the molecule is C=C(CS)CN(C)CC1CCCN1CC. The summed E-state index contributed by atoms with van der Waals surface area (Å²) in [7, 11) is 2.18. The minimum atomic E-state index is 0.757. The third-order valence-electron chi connectivity index (χ3n) is 3.14. The minimum absolute atomic E-state index is 0.757. The van der Waals surface area contributed by atoms with E-state index in [4.69, 9.17) is 0 Å². The van der Waals surface area contributed by atoms with Crippen LogP contribution in [0.4, 0.5) is 0 Å². The van der Waals surface area contributed by atoms with E-state index in [2.05, 4.69) is 43.0 Å². The van der Waals surface area contributed by atoms with Crippen molar-refractivity contribution in [1.29, 1.82) is 0 Å². The van der Waals surface area contributed by atoms with E-state index >= 15 is 0 Å². The molecule has 1 fully saturated rings. The first-order valence-electron chi connectivity index (χ1n) is 5.87. The molecule has 0 aromatic carbocycles. The van der Waals surface area contributed by atoms with Crippen LogP contribution in [0.3, 0.4) is 0 Å². The summed E-state index contributed by atoms with van der Waals surface area (Å²) in [6, 6.07) is 0.757. The first-order chi connectivity index (χ1) is 7.17. The molecule has 1 atom stereocenters. The van der Waals surface area contributed by atoms with Gasteiger partial charge in [0.25, 0.3) is 0 Å². The van der Waals surface area contributed by atoms with Gasteiger partial charge in [0.2, 0.25) is 0 Å². The number of thiol groups is 1. The zero-order valence-electron chi connectivity index (χ0n) is 10.1. The van der Waals surface area contributed by atoms with Gasteiger partial charge in [-0.25, -0.2) is 0 Å². The number of nitrogens with zero attached hydrogens (tertiary/aromatic N) is 2. The molecule has 3 heteroatoms. The highest BCUT2D eigenvalue weighted by molar-refractivity contribution is 7.80. The van der Waals surface area contributed by atoms with Crippen molar-refractivity contribution in [2.24, 2.45) is 0 Å². The van der Waals surface area contributed by atoms with E-state index in [1.165, 1.54) is 38.0 Å². The molecule has 0 bridgehead atoms. The predicted molar refractivity (Wildman–Crippen MR) is 70.8 cm³/mol. The molecule has 0 N–H and O–H groups in total. The lowest BCUT2D eigenvalue weighted by molar-refractivity contribution is 0.206. The van der Waals surface area contributed by atoms with Crippen LogP contribution in [0.15, 0.2) is 12.2 Å². The minimum Gasteiger partial charge on any atom is -0.301 e. The van der Waals surface area contributed by atoms with Crippen molar-refractivity contribution in [1.82, 2.24) is 9.80 Å². The smallest absolute Gasteiger partial charge is 0.0223 e. The molecule has 0 aromatic heterocycles. The Morgan fingerprint density at radius 1 is 1.60 bits per heavy atom. The first-order valence-corrected chi connectivity index (χ1v) is 6.50. The van der Waals surface area contributed by atoms with E-state index in [0.29, 0.717) is 0 Å². The van der Waals surface area contributed by atoms with Crippen LogP contribution >= 0.6 is 12.6 Å². The molecule has 1 saturated heterocycles. The Labute approximate surface area is 99.7 Å². The van der Waals surface area contributed by atoms with Crippen LogP contribution in [0.1, 0.15) is 19.8 Å². The van der Waals surface area contributed by atoms with Gasteiger partial charge in [-0.15, -0.1) is 0 Å². The molecule has 1 heterocycles. The molecule has 1 rings (SSSR count). The second-order valence-corrected chi connectivity index (χ2v) is 4.85. The maximum Gasteiger partial charge on any atom is 0.0223 e. The summed E-state index contributed by atoms with van der Waals surface area (Å²) in [4.78, 5) is 4.96. The summed E-state index contributed by atoms with van der Waals surface area (Å²) in [5.41, 5.74) is 1.21. The normalized spacial score (nSPS) is 22.5. The molecule has 0 saturated carbocycles. The van der Waals surface area contributed by atoms with E-state index < -0.39 is 0 Å². The highest BCUT2D eigenvalue weighted by atomic mass is 32.1. The number of rotatable bonds is 6. The largest absolute Gasteiger partial charge is 0.301 e. The lowest BCUT2D eigenvalue weighted by Gasteiger charge is -2.27. The fraction of sp³-hybridized carbons (Fsp3) is 0.833. The average molecular weight is 228 g/mol. The molecule has 1 unspecified atom stereocenters. The van der Waals surface area contributed by atoms with E-state index in [-0.39, 0.29) is 0 Å². The van der Waals surface area contributed by atoms with E-state index in [1.807, 2.05) is 0 Å². The van der Waals surface area contributed by atoms with Gasteiger partial charge in [0, 0.05) is 24.9 Å². The Bertz CT molecular complexity index is 206. The van der Waals surface area contributed by atoms with Crippen LogP contribution in [0, 0.1) is 0 Å². The fourth-order valence-electron chi connectivity index (χ4n) is 2.37. The second-order valence-electron chi connectivity index (χ2n) is 4.53. The summed E-state index contributed by atoms with van der Waals surface area (Å²) in [6.45, 7) is 10.9. The third kappa shape index (κ3) is 4.17. The Balaban J connectivity index is 2.30. The number of hydrogen-bond acceptors (Lipinski definition) is 3. The van der Waals surface area contributed by atoms with E-state index in [9.17, 15) is 0 Å². The van der Waals surface area contributed by atoms with Gasteiger partial charge < -0.3 is 4.90 Å². The van der Waals surface area contributed by atoms with Crippen molar-refractivity contribution < 1.29 is 0 Å². The van der Waals surface area contributed by atoms with Crippen molar-refractivity contribution in [2.45, 2.75) is 25.8 Å². The van der Waals surface area contributed by atoms with Gasteiger partial charge in [-0.1, -0.05) is 19.1 Å². The molecular weight excluding hydrogens is 204 g/mol. The van der Waals surface area contributed by atoms with Crippen molar-refractivity contribution in [3.63, 3.8) is 0 Å². The molecule has 0 radical (unpaired) electrons. The van der Waals surface area contributed by atoms with Crippen LogP contribution in [-0.4, -0.2) is 54.8 Å². The zero-order chi connectivity index (χ0) is 11.3. The van der Waals surface area contributed by atoms with Gasteiger partial charge >= 0.3 is 0 Å². The monoisotopic (exact) mass is 228 g/mol. The zero-order valence-corrected chi connectivity index (χ0v) is 11.0. The number of hydrogen-bond donors (Lipinski definition) is 1. The molecular formula is C12H24N2S. The van der Waals surface area contributed by atoms with E-state index in [1.54, 1.807) is 0 Å². The van der Waals surface area contributed by atoms with Gasteiger partial charge in [0.1, 0.15) is 0 Å². The number of likely N-dealkylation sites (N-methyl/N-ethyl adjacent to an activating group) is 2. The number of likely N-dealkylation sites (tertiary alicyclic amines) is 1. The van der Waals surface area contributed by atoms with Crippen LogP contribution in [0.5, 0.6) is 0 Å². The van der Waals surface area contributed by atoms with Crippen molar-refractivity contribution >= 4 is 12.6 Å². The first kappa shape index (κ1) is 13.1. The Hall–Kier alpha value is 0.01000. The lowest BCUT2D eigenvalue weighted by Crippen LogP contribution is -2.39. The topological polar surface area (TPSA) is 6.48 Å². The van der Waals surface area contributed by atoms with Crippen LogP contribution in [-0.2, 0) is 0 Å². The molecule has 0 amide bonds. The molecule has 0 spiro atoms. The molecule has 88 valence electrons. The average Bonchev–Trinajstić information content (AvgIpc) is 2.64. The summed E-state index contributed by atoms with van der Waals surface area (Å²) in [6.07, 6.45) is 2.71. The Kier molecular flexibility index (Phi) is 5.72. The molecule has 15 heavy (non-hydrogen) atoms. The quantitative estimate of drug-likeness (QED) is 0.548. The molecule has 1 aliphatic heterocycles. The molecule has 0 aromatic rings. The van der Waals surface area contributed by atoms with Gasteiger partial charge in [-0.3, -0.25) is 4.90 Å². The molecule has 0 aliphatic carbocycles. The maximum atomic E-state index is 4.24. The summed E-state index contributed by atoms with van der Waals surface area (Å²) < 4.78 is 0. The summed E-state index contributed by atoms with van der Waals surface area (Å²) >= 11 is 4.24. The van der Waals surface area contributed by atoms with Gasteiger partial charge in [-0.05, 0) is 33.0 Å². The second kappa shape index (κ2) is 6.56. The standard InChI is InChI=1S/C12H24N2S/c1-4-14-7-5-6-12(14)9-13(3)8-11(2)10-15/h12,15H,2,4-10H2,1,3H3. The maximum absolute atomic E-state index is 4.24. The van der Waals surface area contributed by atoms with Crippen molar-refractivity contribution in [3.8, 4) is 0 Å². The Morgan fingerprint density at radius 2 is 2.33 bits per heavy atom.